The summed E-state index contributed by atoms with van der Waals surface area (Å²) in [5, 5.41) is 7.68. The van der Waals surface area contributed by atoms with Crippen molar-refractivity contribution in [2.75, 3.05) is 29.9 Å². The van der Waals surface area contributed by atoms with E-state index in [0.717, 1.165) is 23.4 Å². The zero-order valence-corrected chi connectivity index (χ0v) is 15.9. The largest absolute Gasteiger partial charge is 0.418 e. The third-order valence-electron chi connectivity index (χ3n) is 4.07. The lowest BCUT2D eigenvalue weighted by Crippen LogP contribution is -2.29. The predicted molar refractivity (Wildman–Crippen MR) is 100 cm³/mol. The number of hydrogen-bond acceptors (Lipinski definition) is 4. The Bertz CT molecular complexity index is 899. The van der Waals surface area contributed by atoms with Crippen molar-refractivity contribution in [2.24, 2.45) is 5.14 Å². The molecule has 0 unspecified atom stereocenters. The molecule has 0 spiro atoms. The van der Waals surface area contributed by atoms with Gasteiger partial charge in [0.15, 0.2) is 0 Å². The van der Waals surface area contributed by atoms with Gasteiger partial charge in [0.1, 0.15) is 0 Å². The Morgan fingerprint density at radius 1 is 1.15 bits per heavy atom. The first-order valence-electron chi connectivity index (χ1n) is 8.32. The van der Waals surface area contributed by atoms with Gasteiger partial charge in [-0.1, -0.05) is 12.1 Å². The number of hydrogen-bond donors (Lipinski definition) is 2. The molecule has 0 aliphatic heterocycles. The lowest BCUT2D eigenvalue weighted by molar-refractivity contribution is -0.137. The molecule has 0 heterocycles. The fourth-order valence-corrected chi connectivity index (χ4v) is 3.25. The van der Waals surface area contributed by atoms with E-state index >= 15 is 0 Å². The summed E-state index contributed by atoms with van der Waals surface area (Å²) in [6.07, 6.45) is -4.70. The van der Waals surface area contributed by atoms with Crippen LogP contribution < -0.4 is 15.4 Å². The first-order valence-corrected chi connectivity index (χ1v) is 9.86. The van der Waals surface area contributed by atoms with Crippen LogP contribution in [-0.4, -0.2) is 28.1 Å². The summed E-state index contributed by atoms with van der Waals surface area (Å²) in [5.41, 5.74) is 0.833. The van der Waals surface area contributed by atoms with E-state index in [0.29, 0.717) is 19.2 Å². The molecule has 2 aromatic carbocycles. The third kappa shape index (κ3) is 5.61. The van der Waals surface area contributed by atoms with Crippen molar-refractivity contribution in [3.63, 3.8) is 0 Å². The molecule has 27 heavy (non-hydrogen) atoms. The van der Waals surface area contributed by atoms with Crippen LogP contribution in [0.2, 0.25) is 0 Å². The minimum atomic E-state index is -4.70. The number of benzene rings is 2. The van der Waals surface area contributed by atoms with Crippen LogP contribution in [0.15, 0.2) is 47.4 Å². The Kier molecular flexibility index (Phi) is 6.38. The quantitative estimate of drug-likeness (QED) is 0.743. The molecular formula is C18H22F3N3O2S. The van der Waals surface area contributed by atoms with E-state index in [2.05, 4.69) is 5.32 Å². The van der Waals surface area contributed by atoms with E-state index in [4.69, 9.17) is 5.14 Å². The first-order chi connectivity index (χ1) is 12.5. The highest BCUT2D eigenvalue weighted by molar-refractivity contribution is 7.89. The van der Waals surface area contributed by atoms with Gasteiger partial charge in [0, 0.05) is 31.0 Å². The monoisotopic (exact) mass is 401 g/mol. The molecule has 0 aliphatic rings. The SMILES string of the molecule is CCN(CCNc1ccc(S(N)(=O)=O)cc1C(F)(F)F)c1cccc(C)c1. The molecule has 0 amide bonds. The van der Waals surface area contributed by atoms with E-state index < -0.39 is 26.7 Å². The molecule has 0 aliphatic carbocycles. The van der Waals surface area contributed by atoms with Crippen LogP contribution in [0.3, 0.4) is 0 Å². The Hall–Kier alpha value is -2.26. The van der Waals surface area contributed by atoms with Gasteiger partial charge >= 0.3 is 6.18 Å². The highest BCUT2D eigenvalue weighted by atomic mass is 32.2. The van der Waals surface area contributed by atoms with Crippen LogP contribution in [0.5, 0.6) is 0 Å². The summed E-state index contributed by atoms with van der Waals surface area (Å²) in [5.74, 6) is 0. The van der Waals surface area contributed by atoms with Crippen molar-refractivity contribution < 1.29 is 21.6 Å². The molecule has 2 rings (SSSR count). The lowest BCUT2D eigenvalue weighted by atomic mass is 10.1. The van der Waals surface area contributed by atoms with Crippen LogP contribution in [0, 0.1) is 6.92 Å². The second-order valence-corrected chi connectivity index (χ2v) is 7.66. The average Bonchev–Trinajstić information content (AvgIpc) is 2.57. The number of likely N-dealkylation sites (N-methyl/N-ethyl adjacent to an activating group) is 1. The number of nitrogens with one attached hydrogen (secondary N) is 1. The molecule has 2 aromatic rings. The molecule has 0 bridgehead atoms. The highest BCUT2D eigenvalue weighted by Crippen LogP contribution is 2.36. The summed E-state index contributed by atoms with van der Waals surface area (Å²) < 4.78 is 62.5. The maximum absolute atomic E-state index is 13.3. The summed E-state index contributed by atoms with van der Waals surface area (Å²) in [6, 6.07) is 10.5. The van der Waals surface area contributed by atoms with Crippen molar-refractivity contribution >= 4 is 21.4 Å². The minimum Gasteiger partial charge on any atom is -0.383 e. The molecule has 0 fully saturated rings. The molecule has 0 atom stereocenters. The summed E-state index contributed by atoms with van der Waals surface area (Å²) >= 11 is 0. The number of aryl methyl sites for hydroxylation is 1. The molecule has 0 saturated carbocycles. The zero-order chi connectivity index (χ0) is 20.2. The van der Waals surface area contributed by atoms with Crippen LogP contribution in [0.1, 0.15) is 18.1 Å². The summed E-state index contributed by atoms with van der Waals surface area (Å²) in [7, 11) is -4.22. The van der Waals surface area contributed by atoms with Gasteiger partial charge in [0.05, 0.1) is 10.5 Å². The molecule has 0 radical (unpaired) electrons. The predicted octanol–water partition coefficient (Wildman–Crippen LogP) is 3.60. The van der Waals surface area contributed by atoms with Crippen molar-refractivity contribution in [3.8, 4) is 0 Å². The van der Waals surface area contributed by atoms with Gasteiger partial charge in [-0.05, 0) is 49.7 Å². The van der Waals surface area contributed by atoms with Gasteiger partial charge in [-0.25, -0.2) is 13.6 Å². The minimum absolute atomic E-state index is 0.185. The van der Waals surface area contributed by atoms with Gasteiger partial charge in [0.2, 0.25) is 10.0 Å². The van der Waals surface area contributed by atoms with Gasteiger partial charge < -0.3 is 10.2 Å². The van der Waals surface area contributed by atoms with Crippen molar-refractivity contribution in [3.05, 3.63) is 53.6 Å². The molecule has 9 heteroatoms. The first kappa shape index (κ1) is 21.0. The normalized spacial score (nSPS) is 12.1. The number of halogens is 3. The van der Waals surface area contributed by atoms with E-state index in [1.54, 1.807) is 0 Å². The van der Waals surface area contributed by atoms with Crippen LogP contribution in [0.25, 0.3) is 0 Å². The van der Waals surface area contributed by atoms with Crippen LogP contribution in [0.4, 0.5) is 24.5 Å². The molecular weight excluding hydrogens is 379 g/mol. The molecule has 148 valence electrons. The van der Waals surface area contributed by atoms with Crippen molar-refractivity contribution in [1.82, 2.24) is 0 Å². The molecule has 0 saturated heterocycles. The Labute approximate surface area is 157 Å². The topological polar surface area (TPSA) is 75.4 Å². The highest BCUT2D eigenvalue weighted by Gasteiger charge is 2.34. The fourth-order valence-electron chi connectivity index (χ4n) is 2.71. The van der Waals surface area contributed by atoms with Crippen molar-refractivity contribution in [2.45, 2.75) is 24.9 Å². The van der Waals surface area contributed by atoms with E-state index in [-0.39, 0.29) is 12.2 Å². The standard InChI is InChI=1S/C18H22F3N3O2S/c1-3-24(14-6-4-5-13(2)11-14)10-9-23-17-8-7-15(27(22,25)26)12-16(17)18(19,20)21/h4-8,11-12,23H,3,9-10H2,1-2H3,(H2,22,25,26). The Balaban J connectivity index is 2.17. The van der Waals surface area contributed by atoms with Gasteiger partial charge in [0.25, 0.3) is 0 Å². The lowest BCUT2D eigenvalue weighted by Gasteiger charge is -2.24. The number of primary sulfonamides is 1. The Morgan fingerprint density at radius 2 is 1.85 bits per heavy atom. The number of nitrogens with zero attached hydrogens (tertiary/aromatic N) is 1. The van der Waals surface area contributed by atoms with Crippen LogP contribution >= 0.6 is 0 Å². The summed E-state index contributed by atoms with van der Waals surface area (Å²) in [6.45, 7) is 5.36. The van der Waals surface area contributed by atoms with Gasteiger partial charge in [-0.2, -0.15) is 13.2 Å². The smallest absolute Gasteiger partial charge is 0.383 e. The number of alkyl halides is 3. The molecule has 3 N–H and O–H groups in total. The maximum Gasteiger partial charge on any atom is 0.418 e. The summed E-state index contributed by atoms with van der Waals surface area (Å²) in [4.78, 5) is 1.46. The third-order valence-corrected chi connectivity index (χ3v) is 4.98. The second kappa shape index (κ2) is 8.18. The van der Waals surface area contributed by atoms with E-state index in [9.17, 15) is 21.6 Å². The van der Waals surface area contributed by atoms with Gasteiger partial charge in [-0.15, -0.1) is 0 Å². The second-order valence-electron chi connectivity index (χ2n) is 6.10. The maximum atomic E-state index is 13.3. The van der Waals surface area contributed by atoms with E-state index in [1.807, 2.05) is 43.0 Å². The fraction of sp³-hybridized carbons (Fsp3) is 0.333. The molecule has 5 nitrogen and oxygen atoms in total. The number of sulfonamides is 1. The Morgan fingerprint density at radius 3 is 2.41 bits per heavy atom. The van der Waals surface area contributed by atoms with E-state index in [1.165, 1.54) is 0 Å². The van der Waals surface area contributed by atoms with Crippen molar-refractivity contribution in [1.29, 1.82) is 0 Å². The molecule has 0 aromatic heterocycles. The van der Waals surface area contributed by atoms with Crippen LogP contribution in [-0.2, 0) is 16.2 Å². The number of rotatable bonds is 7. The number of nitrogens with two attached hydrogens (primary N) is 1. The zero-order valence-electron chi connectivity index (χ0n) is 15.0. The average molecular weight is 401 g/mol. The number of anilines is 2. The van der Waals surface area contributed by atoms with Gasteiger partial charge in [-0.3, -0.25) is 0 Å².